The van der Waals surface area contributed by atoms with E-state index in [1.54, 1.807) is 24.5 Å². The Balaban J connectivity index is 1.46. The second kappa shape index (κ2) is 9.81. The number of sulfonamides is 1. The van der Waals surface area contributed by atoms with Gasteiger partial charge in [0.1, 0.15) is 31.4 Å². The number of hydrogen-bond acceptors (Lipinski definition) is 8. The molecule has 1 amide bonds. The molecule has 2 N–H and O–H groups in total. The van der Waals surface area contributed by atoms with Crippen molar-refractivity contribution in [3.8, 4) is 10.4 Å². The molecule has 0 bridgehead atoms. The highest BCUT2D eigenvalue weighted by Crippen LogP contribution is 2.39. The molecule has 2 aliphatic heterocycles. The van der Waals surface area contributed by atoms with Gasteiger partial charge in [-0.1, -0.05) is 0 Å². The molecule has 1 unspecified atom stereocenters. The summed E-state index contributed by atoms with van der Waals surface area (Å²) in [6.45, 7) is 6.12. The summed E-state index contributed by atoms with van der Waals surface area (Å²) in [5.74, 6) is -0.0360. The van der Waals surface area contributed by atoms with Gasteiger partial charge in [0.15, 0.2) is 0 Å². The molecule has 3 aromatic rings. The normalized spacial score (nSPS) is 22.6. The van der Waals surface area contributed by atoms with E-state index in [0.717, 1.165) is 38.4 Å². The largest absolute Gasteiger partial charge is 0.498 e. The van der Waals surface area contributed by atoms with Crippen LogP contribution in [0.5, 0.6) is 0 Å². The number of carbonyl (C=O) groups is 1. The predicted octanol–water partition coefficient (Wildman–Crippen LogP) is 3.24. The first-order valence-corrected chi connectivity index (χ1v) is 17.0. The van der Waals surface area contributed by atoms with Gasteiger partial charge in [0.05, 0.1) is 18.1 Å². The molecule has 3 aromatic heterocycles. The van der Waals surface area contributed by atoms with Gasteiger partial charge >= 0.3 is 0 Å². The Kier molecular flexibility index (Phi) is 7.03. The van der Waals surface area contributed by atoms with Gasteiger partial charge in [0, 0.05) is 45.8 Å². The van der Waals surface area contributed by atoms with Gasteiger partial charge in [-0.15, -0.1) is 11.3 Å². The molecule has 5 rings (SSSR count). The molecule has 39 heavy (non-hydrogen) atoms. The zero-order valence-corrected chi connectivity index (χ0v) is 24.5. The number of aromatic amines is 1. The van der Waals surface area contributed by atoms with E-state index in [1.807, 2.05) is 32.9 Å². The van der Waals surface area contributed by atoms with E-state index in [2.05, 4.69) is 14.7 Å². The minimum Gasteiger partial charge on any atom is -0.498 e. The third kappa shape index (κ3) is 5.30. The van der Waals surface area contributed by atoms with Crippen LogP contribution in [0.4, 0.5) is 4.79 Å². The molecule has 210 valence electrons. The maximum atomic E-state index is 13.0. The molecule has 0 spiro atoms. The lowest BCUT2D eigenvalue weighted by molar-refractivity contribution is -0.875. The number of nitrogens with zero attached hydrogens (tertiary/aromatic N) is 2. The molecule has 0 aromatic carbocycles. The van der Waals surface area contributed by atoms with E-state index in [1.165, 1.54) is 0 Å². The number of carboxylic acid groups (broad SMARTS) is 1. The molecule has 2 aliphatic rings. The number of quaternary nitrogens is 1. The third-order valence-corrected chi connectivity index (χ3v) is 12.6. The number of pyridine rings is 1. The number of nitrogens with one attached hydrogen (secondary N) is 2. The number of aromatic nitrogens is 2. The lowest BCUT2D eigenvalue weighted by atomic mass is 9.95. The fourth-order valence-corrected chi connectivity index (χ4v) is 9.53. The second-order valence-electron chi connectivity index (χ2n) is 11.3. The summed E-state index contributed by atoms with van der Waals surface area (Å²) in [4.78, 5) is 20.8. The SMILES string of the molecule is CC(C)(C)[N+]1(C(=O)[O-])C=C(c2cc3c(-c4ccc(S(=O)(=O)NC5CCS(=O)(=O)CC5)s4)ccnc3[nH]2)CCC1. The summed E-state index contributed by atoms with van der Waals surface area (Å²) in [6.07, 6.45) is 4.23. The quantitative estimate of drug-likeness (QED) is 0.432. The molecule has 1 saturated heterocycles. The van der Waals surface area contributed by atoms with Crippen LogP contribution >= 0.6 is 11.3 Å². The number of fused-ring (bicyclic) bond motifs is 1. The summed E-state index contributed by atoms with van der Waals surface area (Å²) >= 11 is 1.13. The molecule has 13 heteroatoms. The Morgan fingerprint density at radius 1 is 1.21 bits per heavy atom. The Bertz CT molecular complexity index is 1670. The lowest BCUT2D eigenvalue weighted by Crippen LogP contribution is -2.65. The van der Waals surface area contributed by atoms with Crippen LogP contribution in [-0.4, -0.2) is 67.0 Å². The van der Waals surface area contributed by atoms with Crippen molar-refractivity contribution >= 4 is 53.9 Å². The van der Waals surface area contributed by atoms with Crippen molar-refractivity contribution in [1.29, 1.82) is 0 Å². The van der Waals surface area contributed by atoms with Crippen LogP contribution in [0.2, 0.25) is 0 Å². The fraction of sp³-hybridized carbons (Fsp3) is 0.462. The first-order valence-electron chi connectivity index (χ1n) is 12.8. The number of amides is 1. The average Bonchev–Trinajstić information content (AvgIpc) is 3.53. The number of thiophene rings is 1. The number of allylic oxidation sites excluding steroid dienone is 1. The summed E-state index contributed by atoms with van der Waals surface area (Å²) in [7, 11) is -6.90. The summed E-state index contributed by atoms with van der Waals surface area (Å²) < 4.78 is 52.0. The van der Waals surface area contributed by atoms with E-state index in [0.29, 0.717) is 25.0 Å². The van der Waals surface area contributed by atoms with E-state index in [-0.39, 0.29) is 33.0 Å². The van der Waals surface area contributed by atoms with E-state index in [4.69, 9.17) is 0 Å². The van der Waals surface area contributed by atoms with Crippen LogP contribution in [-0.2, 0) is 19.9 Å². The monoisotopic (exact) mass is 592 g/mol. The molecule has 0 radical (unpaired) electrons. The highest BCUT2D eigenvalue weighted by molar-refractivity contribution is 7.92. The number of sulfone groups is 1. The van der Waals surface area contributed by atoms with Crippen LogP contribution in [0.15, 0.2) is 40.9 Å². The summed E-state index contributed by atoms with van der Waals surface area (Å²) in [6, 6.07) is 6.67. The molecule has 0 saturated carbocycles. The van der Waals surface area contributed by atoms with Gasteiger partial charge in [-0.05, 0) is 64.3 Å². The van der Waals surface area contributed by atoms with Crippen LogP contribution in [0.25, 0.3) is 27.0 Å². The van der Waals surface area contributed by atoms with Crippen LogP contribution in [0.1, 0.15) is 52.1 Å². The molecular formula is C26H32N4O6S3. The average molecular weight is 593 g/mol. The second-order valence-corrected chi connectivity index (χ2v) is 16.6. The Morgan fingerprint density at radius 2 is 1.92 bits per heavy atom. The standard InChI is InChI=1S/C26H32N4O6S3/c1-26(2,3)30(25(31)32)12-4-5-17(16-30)21-15-20-19(8-11-27-24(20)28-21)22-6-7-23(37-22)39(35,36)29-18-9-13-38(33,34)14-10-18/h6-8,11,15-16,18,29H,4-5,9-10,12-14H2,1-3H3,(H-,27,28,31,32). The Labute approximate surface area is 232 Å². The van der Waals surface area contributed by atoms with Gasteiger partial charge in [0.2, 0.25) is 10.0 Å². The number of carbonyl (C=O) groups excluding carboxylic acids is 1. The van der Waals surface area contributed by atoms with Crippen molar-refractivity contribution in [2.24, 2.45) is 0 Å². The van der Waals surface area contributed by atoms with Gasteiger partial charge in [-0.2, -0.15) is 0 Å². The predicted molar refractivity (Wildman–Crippen MR) is 149 cm³/mol. The van der Waals surface area contributed by atoms with E-state index < -0.39 is 37.5 Å². The van der Waals surface area contributed by atoms with Gasteiger partial charge < -0.3 is 14.9 Å². The highest BCUT2D eigenvalue weighted by Gasteiger charge is 2.43. The first kappa shape index (κ1) is 28.0. The van der Waals surface area contributed by atoms with Crippen molar-refractivity contribution in [2.75, 3.05) is 18.1 Å². The number of rotatable bonds is 5. The van der Waals surface area contributed by atoms with Crippen LogP contribution in [0.3, 0.4) is 0 Å². The lowest BCUT2D eigenvalue weighted by Gasteiger charge is -2.47. The Hall–Kier alpha value is -2.58. The van der Waals surface area contributed by atoms with E-state index in [9.17, 15) is 26.7 Å². The zero-order chi connectivity index (χ0) is 28.2. The first-order chi connectivity index (χ1) is 18.2. The highest BCUT2D eigenvalue weighted by atomic mass is 32.2. The minimum absolute atomic E-state index is 0.0180. The molecule has 10 nitrogen and oxygen atoms in total. The van der Waals surface area contributed by atoms with Crippen LogP contribution in [0, 0.1) is 0 Å². The van der Waals surface area contributed by atoms with Gasteiger partial charge in [-0.3, -0.25) is 0 Å². The van der Waals surface area contributed by atoms with Gasteiger partial charge in [-0.25, -0.2) is 31.0 Å². The van der Waals surface area contributed by atoms with Crippen molar-refractivity contribution in [1.82, 2.24) is 14.7 Å². The smallest absolute Gasteiger partial charge is 0.262 e. The third-order valence-electron chi connectivity index (χ3n) is 7.72. The Morgan fingerprint density at radius 3 is 2.59 bits per heavy atom. The zero-order valence-electron chi connectivity index (χ0n) is 22.1. The van der Waals surface area contributed by atoms with Crippen molar-refractivity contribution in [3.63, 3.8) is 0 Å². The maximum absolute atomic E-state index is 13.0. The molecule has 1 atom stereocenters. The topological polar surface area (TPSA) is 149 Å². The maximum Gasteiger partial charge on any atom is 0.262 e. The molecule has 5 heterocycles. The van der Waals surface area contributed by atoms with E-state index >= 15 is 0 Å². The van der Waals surface area contributed by atoms with Crippen molar-refractivity contribution in [2.45, 2.75) is 62.2 Å². The molecule has 0 aliphatic carbocycles. The number of H-pyrrole nitrogens is 1. The molecule has 1 fully saturated rings. The molecular weight excluding hydrogens is 561 g/mol. The fourth-order valence-electron chi connectivity index (χ4n) is 5.37. The summed E-state index contributed by atoms with van der Waals surface area (Å²) in [5.41, 5.74) is 2.49. The summed E-state index contributed by atoms with van der Waals surface area (Å²) in [5, 5.41) is 13.1. The van der Waals surface area contributed by atoms with Crippen molar-refractivity contribution < 1.29 is 31.2 Å². The minimum atomic E-state index is -3.81. The number of hydrogen-bond donors (Lipinski definition) is 2. The van der Waals surface area contributed by atoms with Crippen LogP contribution < -0.4 is 9.83 Å². The van der Waals surface area contributed by atoms with Crippen molar-refractivity contribution in [3.05, 3.63) is 42.4 Å². The van der Waals surface area contributed by atoms with Gasteiger partial charge in [0.25, 0.3) is 6.09 Å².